The van der Waals surface area contributed by atoms with Crippen LogP contribution in [-0.4, -0.2) is 16.7 Å². The van der Waals surface area contributed by atoms with Gasteiger partial charge in [-0.15, -0.1) is 0 Å². The van der Waals surface area contributed by atoms with Gasteiger partial charge in [-0.1, -0.05) is 0 Å². The number of carbonyl (C=O) groups is 2. The molecular weight excluding hydrogens is 290 g/mol. The molecule has 1 heterocycles. The predicted octanol–water partition coefficient (Wildman–Crippen LogP) is 1.44. The van der Waals surface area contributed by atoms with Crippen LogP contribution in [-0.2, 0) is 4.79 Å². The molecule has 0 spiro atoms. The summed E-state index contributed by atoms with van der Waals surface area (Å²) in [4.78, 5) is 33.2. The van der Waals surface area contributed by atoms with E-state index in [-0.39, 0.29) is 17.1 Å². The molecule has 1 aromatic carbocycles. The van der Waals surface area contributed by atoms with E-state index in [0.29, 0.717) is 5.56 Å². The van der Waals surface area contributed by atoms with Crippen molar-refractivity contribution in [2.24, 2.45) is 5.73 Å². The fraction of sp³-hybridized carbons (Fsp3) is 0. The fourth-order valence-corrected chi connectivity index (χ4v) is 1.62. The molecule has 8 heteroatoms. The molecule has 0 atom stereocenters. The smallest absolute Gasteiger partial charge is 0.291 e. The molecule has 0 saturated carbocycles. The van der Waals surface area contributed by atoms with E-state index < -0.39 is 16.7 Å². The third-order valence-corrected chi connectivity index (χ3v) is 2.67. The number of non-ortho nitro benzene ring substituents is 1. The molecule has 2 rings (SSSR count). The third-order valence-electron chi connectivity index (χ3n) is 2.67. The van der Waals surface area contributed by atoms with E-state index in [1.165, 1.54) is 48.7 Å². The number of rotatable bonds is 5. The summed E-state index contributed by atoms with van der Waals surface area (Å²) in [5.41, 5.74) is 5.43. The highest BCUT2D eigenvalue weighted by molar-refractivity contribution is 6.03. The van der Waals surface area contributed by atoms with Crippen molar-refractivity contribution in [1.82, 2.24) is 5.32 Å². The zero-order valence-corrected chi connectivity index (χ0v) is 11.2. The lowest BCUT2D eigenvalue weighted by molar-refractivity contribution is -0.384. The van der Waals surface area contributed by atoms with Gasteiger partial charge in [0.2, 0.25) is 0 Å². The van der Waals surface area contributed by atoms with Gasteiger partial charge in [-0.3, -0.25) is 19.7 Å². The van der Waals surface area contributed by atoms with Gasteiger partial charge in [0.05, 0.1) is 11.2 Å². The van der Waals surface area contributed by atoms with E-state index in [0.717, 1.165) is 0 Å². The number of carbonyl (C=O) groups excluding carboxylic acids is 2. The second kappa shape index (κ2) is 6.35. The molecular formula is C14H11N3O5. The van der Waals surface area contributed by atoms with Crippen LogP contribution in [0.5, 0.6) is 0 Å². The second-order valence-electron chi connectivity index (χ2n) is 4.20. The molecule has 22 heavy (non-hydrogen) atoms. The van der Waals surface area contributed by atoms with Crippen molar-refractivity contribution < 1.29 is 18.9 Å². The van der Waals surface area contributed by atoms with Gasteiger partial charge in [0.15, 0.2) is 5.76 Å². The van der Waals surface area contributed by atoms with Crippen molar-refractivity contribution >= 4 is 23.6 Å². The van der Waals surface area contributed by atoms with Gasteiger partial charge in [0.25, 0.3) is 17.5 Å². The molecule has 0 radical (unpaired) electrons. The van der Waals surface area contributed by atoms with Crippen molar-refractivity contribution in [2.75, 3.05) is 0 Å². The number of nitrogens with zero attached hydrogens (tertiary/aromatic N) is 1. The third kappa shape index (κ3) is 3.57. The molecule has 0 aliphatic rings. The standard InChI is InChI=1S/C14H11N3O5/c15-13(18)11(16-14(19)12-2-1-7-22-12)8-9-3-5-10(6-4-9)17(20)21/h1-8H,(H2,15,18)(H,16,19)/b11-8-. The molecule has 1 aromatic heterocycles. The van der Waals surface area contributed by atoms with Crippen molar-refractivity contribution in [1.29, 1.82) is 0 Å². The molecule has 0 bridgehead atoms. The maximum atomic E-state index is 11.8. The van der Waals surface area contributed by atoms with Gasteiger partial charge in [-0.25, -0.2) is 0 Å². The van der Waals surface area contributed by atoms with E-state index in [2.05, 4.69) is 5.32 Å². The van der Waals surface area contributed by atoms with Crippen LogP contribution in [0.2, 0.25) is 0 Å². The summed E-state index contributed by atoms with van der Waals surface area (Å²) in [6.45, 7) is 0. The quantitative estimate of drug-likeness (QED) is 0.490. The summed E-state index contributed by atoms with van der Waals surface area (Å²) >= 11 is 0. The van der Waals surface area contributed by atoms with Gasteiger partial charge >= 0.3 is 0 Å². The molecule has 0 saturated heterocycles. The van der Waals surface area contributed by atoms with Crippen LogP contribution < -0.4 is 11.1 Å². The topological polar surface area (TPSA) is 128 Å². The Hall–Kier alpha value is -3.42. The average molecular weight is 301 g/mol. The minimum Gasteiger partial charge on any atom is -0.459 e. The predicted molar refractivity (Wildman–Crippen MR) is 76.4 cm³/mol. The van der Waals surface area contributed by atoms with Crippen LogP contribution in [0.3, 0.4) is 0 Å². The Kier molecular flexibility index (Phi) is 4.33. The van der Waals surface area contributed by atoms with Crippen LogP contribution >= 0.6 is 0 Å². The molecule has 0 unspecified atom stereocenters. The fourth-order valence-electron chi connectivity index (χ4n) is 1.62. The number of nitro groups is 1. The Morgan fingerprint density at radius 3 is 2.41 bits per heavy atom. The van der Waals surface area contributed by atoms with Gasteiger partial charge < -0.3 is 15.5 Å². The van der Waals surface area contributed by atoms with E-state index in [9.17, 15) is 19.7 Å². The Labute approximate surface area is 124 Å². The minimum absolute atomic E-state index is 0.0239. The average Bonchev–Trinajstić information content (AvgIpc) is 3.01. The van der Waals surface area contributed by atoms with Gasteiger partial charge in [0, 0.05) is 12.1 Å². The number of furan rings is 1. The summed E-state index contributed by atoms with van der Waals surface area (Å²) in [6.07, 6.45) is 2.63. The summed E-state index contributed by atoms with van der Waals surface area (Å²) in [5, 5.41) is 12.9. The minimum atomic E-state index is -0.849. The summed E-state index contributed by atoms with van der Waals surface area (Å²) in [5.74, 6) is -1.45. The Morgan fingerprint density at radius 2 is 1.91 bits per heavy atom. The number of hydrogen-bond donors (Lipinski definition) is 2. The molecule has 0 aliphatic heterocycles. The zero-order valence-electron chi connectivity index (χ0n) is 11.2. The highest BCUT2D eigenvalue weighted by Gasteiger charge is 2.14. The van der Waals surface area contributed by atoms with Crippen LogP contribution in [0.25, 0.3) is 6.08 Å². The summed E-state index contributed by atoms with van der Waals surface area (Å²) < 4.78 is 4.90. The van der Waals surface area contributed by atoms with E-state index in [1.54, 1.807) is 0 Å². The Bertz CT molecular complexity index is 732. The number of primary amides is 1. The Balaban J connectivity index is 2.21. The first-order valence-corrected chi connectivity index (χ1v) is 6.08. The monoisotopic (exact) mass is 301 g/mol. The van der Waals surface area contributed by atoms with E-state index >= 15 is 0 Å². The highest BCUT2D eigenvalue weighted by atomic mass is 16.6. The number of hydrogen-bond acceptors (Lipinski definition) is 5. The summed E-state index contributed by atoms with van der Waals surface area (Å²) in [6, 6.07) is 8.37. The number of amides is 2. The van der Waals surface area contributed by atoms with Crippen molar-refractivity contribution in [3.05, 3.63) is 69.8 Å². The Morgan fingerprint density at radius 1 is 1.23 bits per heavy atom. The van der Waals surface area contributed by atoms with Gasteiger partial charge in [0.1, 0.15) is 5.70 Å². The molecule has 8 nitrogen and oxygen atoms in total. The molecule has 112 valence electrons. The molecule has 0 fully saturated rings. The number of nitrogens with two attached hydrogens (primary N) is 1. The van der Waals surface area contributed by atoms with Crippen LogP contribution in [0.4, 0.5) is 5.69 Å². The first-order valence-electron chi connectivity index (χ1n) is 6.08. The first kappa shape index (κ1) is 15.0. The van der Waals surface area contributed by atoms with Crippen LogP contribution in [0, 0.1) is 10.1 Å². The maximum Gasteiger partial charge on any atom is 0.291 e. The van der Waals surface area contributed by atoms with E-state index in [1.807, 2.05) is 0 Å². The van der Waals surface area contributed by atoms with Gasteiger partial charge in [-0.2, -0.15) is 0 Å². The lowest BCUT2D eigenvalue weighted by Crippen LogP contribution is -2.30. The molecule has 2 aromatic rings. The first-order chi connectivity index (χ1) is 10.5. The lowest BCUT2D eigenvalue weighted by Gasteiger charge is -2.05. The number of benzene rings is 1. The SMILES string of the molecule is NC(=O)/C(=C/c1ccc([N+](=O)[O-])cc1)NC(=O)c1ccco1. The lowest BCUT2D eigenvalue weighted by atomic mass is 10.1. The summed E-state index contributed by atoms with van der Waals surface area (Å²) in [7, 11) is 0. The van der Waals surface area contributed by atoms with Crippen molar-refractivity contribution in [2.45, 2.75) is 0 Å². The largest absolute Gasteiger partial charge is 0.459 e. The van der Waals surface area contributed by atoms with E-state index in [4.69, 9.17) is 10.2 Å². The van der Waals surface area contributed by atoms with Crippen LogP contribution in [0.15, 0.2) is 52.8 Å². The zero-order chi connectivity index (χ0) is 16.1. The number of nitro benzene ring substituents is 1. The van der Waals surface area contributed by atoms with Crippen LogP contribution in [0.1, 0.15) is 16.1 Å². The number of nitrogens with one attached hydrogen (secondary N) is 1. The maximum absolute atomic E-state index is 11.8. The normalized spacial score (nSPS) is 11.0. The van der Waals surface area contributed by atoms with Gasteiger partial charge in [-0.05, 0) is 35.9 Å². The van der Waals surface area contributed by atoms with Crippen molar-refractivity contribution in [3.63, 3.8) is 0 Å². The molecule has 2 amide bonds. The second-order valence-corrected chi connectivity index (χ2v) is 4.20. The van der Waals surface area contributed by atoms with Crippen molar-refractivity contribution in [3.8, 4) is 0 Å². The highest BCUT2D eigenvalue weighted by Crippen LogP contribution is 2.14. The molecule has 0 aliphatic carbocycles. The molecule has 3 N–H and O–H groups in total.